The number of rotatable bonds is 4. The van der Waals surface area contributed by atoms with E-state index in [9.17, 15) is 5.11 Å². The standard InChI is InChI=1S/C18H20O3/c1-18(19,12-13-6-8-15(20-2)9-7-13)16-5-3-4-14-10-11-21-17(14)16/h3-9,19H,10-12H2,1-2H3. The molecule has 2 aromatic rings. The van der Waals surface area contributed by atoms with Crippen LogP contribution in [-0.2, 0) is 18.4 Å². The Morgan fingerprint density at radius 1 is 1.19 bits per heavy atom. The second kappa shape index (κ2) is 5.41. The van der Waals surface area contributed by atoms with Crippen LogP contribution in [0.1, 0.15) is 23.6 Å². The Kier molecular flexibility index (Phi) is 3.60. The van der Waals surface area contributed by atoms with E-state index in [1.165, 1.54) is 5.56 Å². The van der Waals surface area contributed by atoms with E-state index in [2.05, 4.69) is 6.07 Å². The summed E-state index contributed by atoms with van der Waals surface area (Å²) in [5.74, 6) is 1.68. The van der Waals surface area contributed by atoms with Crippen LogP contribution in [0.15, 0.2) is 42.5 Å². The number of methoxy groups -OCH3 is 1. The zero-order valence-corrected chi connectivity index (χ0v) is 12.4. The molecule has 21 heavy (non-hydrogen) atoms. The van der Waals surface area contributed by atoms with Gasteiger partial charge in [0.2, 0.25) is 0 Å². The van der Waals surface area contributed by atoms with E-state index in [1.807, 2.05) is 43.3 Å². The van der Waals surface area contributed by atoms with Crippen molar-refractivity contribution < 1.29 is 14.6 Å². The van der Waals surface area contributed by atoms with Gasteiger partial charge in [-0.05, 0) is 30.2 Å². The first-order valence-electron chi connectivity index (χ1n) is 7.20. The van der Waals surface area contributed by atoms with Crippen LogP contribution in [0.3, 0.4) is 0 Å². The second-order valence-corrected chi connectivity index (χ2v) is 5.69. The molecule has 0 amide bonds. The molecule has 0 radical (unpaired) electrons. The summed E-state index contributed by atoms with van der Waals surface area (Å²) in [6.45, 7) is 2.54. The average Bonchev–Trinajstić information content (AvgIpc) is 2.95. The van der Waals surface area contributed by atoms with Gasteiger partial charge in [-0.1, -0.05) is 30.3 Å². The largest absolute Gasteiger partial charge is 0.497 e. The molecule has 3 nitrogen and oxygen atoms in total. The topological polar surface area (TPSA) is 38.7 Å². The Morgan fingerprint density at radius 3 is 2.67 bits per heavy atom. The van der Waals surface area contributed by atoms with Crippen LogP contribution in [-0.4, -0.2) is 18.8 Å². The molecule has 0 spiro atoms. The van der Waals surface area contributed by atoms with Crippen LogP contribution in [0.4, 0.5) is 0 Å². The number of aliphatic hydroxyl groups is 1. The molecule has 1 unspecified atom stereocenters. The van der Waals surface area contributed by atoms with E-state index in [-0.39, 0.29) is 0 Å². The third kappa shape index (κ3) is 2.74. The summed E-state index contributed by atoms with van der Waals surface area (Å²) in [4.78, 5) is 0. The highest BCUT2D eigenvalue weighted by molar-refractivity contribution is 5.47. The van der Waals surface area contributed by atoms with E-state index in [0.29, 0.717) is 13.0 Å². The van der Waals surface area contributed by atoms with Crippen molar-refractivity contribution in [3.05, 3.63) is 59.2 Å². The lowest BCUT2D eigenvalue weighted by atomic mass is 9.87. The van der Waals surface area contributed by atoms with Crippen LogP contribution in [0.5, 0.6) is 11.5 Å². The second-order valence-electron chi connectivity index (χ2n) is 5.69. The van der Waals surface area contributed by atoms with E-state index in [1.54, 1.807) is 7.11 Å². The fraction of sp³-hybridized carbons (Fsp3) is 0.333. The van der Waals surface area contributed by atoms with Crippen molar-refractivity contribution in [3.8, 4) is 11.5 Å². The quantitative estimate of drug-likeness (QED) is 0.937. The molecule has 0 fully saturated rings. The summed E-state index contributed by atoms with van der Waals surface area (Å²) in [5.41, 5.74) is 2.16. The monoisotopic (exact) mass is 284 g/mol. The highest BCUT2D eigenvalue weighted by atomic mass is 16.5. The van der Waals surface area contributed by atoms with Crippen LogP contribution in [0.25, 0.3) is 0 Å². The lowest BCUT2D eigenvalue weighted by Crippen LogP contribution is -2.25. The smallest absolute Gasteiger partial charge is 0.128 e. The fourth-order valence-electron chi connectivity index (χ4n) is 2.88. The van der Waals surface area contributed by atoms with E-state index in [0.717, 1.165) is 29.0 Å². The minimum Gasteiger partial charge on any atom is -0.497 e. The minimum absolute atomic E-state index is 0.538. The molecule has 1 aliphatic heterocycles. The van der Waals surface area contributed by atoms with Gasteiger partial charge in [0.25, 0.3) is 0 Å². The van der Waals surface area contributed by atoms with Crippen molar-refractivity contribution in [1.82, 2.24) is 0 Å². The van der Waals surface area contributed by atoms with Gasteiger partial charge in [0.1, 0.15) is 11.5 Å². The van der Waals surface area contributed by atoms with Crippen molar-refractivity contribution in [2.75, 3.05) is 13.7 Å². The highest BCUT2D eigenvalue weighted by Crippen LogP contribution is 2.38. The molecular formula is C18H20O3. The van der Waals surface area contributed by atoms with Crippen molar-refractivity contribution in [3.63, 3.8) is 0 Å². The molecule has 3 rings (SSSR count). The number of hydrogen-bond donors (Lipinski definition) is 1. The Morgan fingerprint density at radius 2 is 1.95 bits per heavy atom. The van der Waals surface area contributed by atoms with Gasteiger partial charge < -0.3 is 14.6 Å². The third-order valence-electron chi connectivity index (χ3n) is 4.00. The molecule has 1 heterocycles. The van der Waals surface area contributed by atoms with Gasteiger partial charge in [-0.25, -0.2) is 0 Å². The number of para-hydroxylation sites is 1. The van der Waals surface area contributed by atoms with Gasteiger partial charge in [0.05, 0.1) is 19.3 Å². The van der Waals surface area contributed by atoms with Crippen molar-refractivity contribution in [2.24, 2.45) is 0 Å². The fourth-order valence-corrected chi connectivity index (χ4v) is 2.88. The molecule has 1 N–H and O–H groups in total. The summed E-state index contributed by atoms with van der Waals surface area (Å²) in [5, 5.41) is 10.9. The molecule has 2 aromatic carbocycles. The molecule has 1 atom stereocenters. The Bertz CT molecular complexity index is 629. The molecule has 0 aliphatic carbocycles. The summed E-state index contributed by atoms with van der Waals surface area (Å²) in [6.07, 6.45) is 1.46. The minimum atomic E-state index is -0.954. The first-order valence-corrected chi connectivity index (χ1v) is 7.20. The van der Waals surface area contributed by atoms with Gasteiger partial charge in [-0.3, -0.25) is 0 Å². The van der Waals surface area contributed by atoms with E-state index >= 15 is 0 Å². The number of fused-ring (bicyclic) bond motifs is 1. The maximum absolute atomic E-state index is 10.9. The molecule has 110 valence electrons. The lowest BCUT2D eigenvalue weighted by Gasteiger charge is -2.26. The van der Waals surface area contributed by atoms with Gasteiger partial charge in [-0.2, -0.15) is 0 Å². The summed E-state index contributed by atoms with van der Waals surface area (Å²) >= 11 is 0. The number of benzene rings is 2. The maximum Gasteiger partial charge on any atom is 0.128 e. The van der Waals surface area contributed by atoms with Gasteiger partial charge >= 0.3 is 0 Å². The van der Waals surface area contributed by atoms with Gasteiger partial charge in [0, 0.05) is 18.4 Å². The summed E-state index contributed by atoms with van der Waals surface area (Å²) in [6, 6.07) is 13.8. The van der Waals surface area contributed by atoms with Crippen LogP contribution < -0.4 is 9.47 Å². The highest BCUT2D eigenvalue weighted by Gasteiger charge is 2.30. The SMILES string of the molecule is COc1ccc(CC(C)(O)c2cccc3c2OCC3)cc1. The maximum atomic E-state index is 10.9. The van der Waals surface area contributed by atoms with Crippen LogP contribution >= 0.6 is 0 Å². The summed E-state index contributed by atoms with van der Waals surface area (Å²) < 4.78 is 10.9. The zero-order chi connectivity index (χ0) is 14.9. The lowest BCUT2D eigenvalue weighted by molar-refractivity contribution is 0.0548. The van der Waals surface area contributed by atoms with Crippen molar-refractivity contribution >= 4 is 0 Å². The summed E-state index contributed by atoms with van der Waals surface area (Å²) in [7, 11) is 1.65. The molecule has 3 heteroatoms. The Hall–Kier alpha value is -2.00. The Labute approximate surface area is 125 Å². The molecule has 0 saturated heterocycles. The normalized spacial score (nSPS) is 16.0. The predicted molar refractivity (Wildman–Crippen MR) is 81.9 cm³/mol. The number of hydrogen-bond acceptors (Lipinski definition) is 3. The van der Waals surface area contributed by atoms with E-state index < -0.39 is 5.60 Å². The van der Waals surface area contributed by atoms with Crippen molar-refractivity contribution in [2.45, 2.75) is 25.4 Å². The van der Waals surface area contributed by atoms with Crippen molar-refractivity contribution in [1.29, 1.82) is 0 Å². The first-order chi connectivity index (χ1) is 10.1. The zero-order valence-electron chi connectivity index (χ0n) is 12.4. The molecule has 1 aliphatic rings. The number of ether oxygens (including phenoxy) is 2. The predicted octanol–water partition coefficient (Wildman–Crippen LogP) is 3.08. The van der Waals surface area contributed by atoms with E-state index in [4.69, 9.17) is 9.47 Å². The molecule has 0 saturated carbocycles. The average molecular weight is 284 g/mol. The van der Waals surface area contributed by atoms with Crippen LogP contribution in [0, 0.1) is 0 Å². The molecular weight excluding hydrogens is 264 g/mol. The van der Waals surface area contributed by atoms with Crippen LogP contribution in [0.2, 0.25) is 0 Å². The van der Waals surface area contributed by atoms with Gasteiger partial charge in [0.15, 0.2) is 0 Å². The molecule has 0 bridgehead atoms. The first kappa shape index (κ1) is 14.0. The molecule has 0 aromatic heterocycles. The Balaban J connectivity index is 1.88. The third-order valence-corrected chi connectivity index (χ3v) is 4.00. The van der Waals surface area contributed by atoms with Gasteiger partial charge in [-0.15, -0.1) is 0 Å².